The Kier molecular flexibility index (Phi) is 6.75. The van der Waals surface area contributed by atoms with Crippen LogP contribution >= 0.6 is 0 Å². The SMILES string of the molecule is COc1cc2c(cc1Nc1cc(N3OCCC3c3cc(F)cc(F)c3)ncn1)[nH]c1cc(N3CCN(C)CC3)ccc12. The van der Waals surface area contributed by atoms with Crippen molar-refractivity contribution in [2.24, 2.45) is 0 Å². The summed E-state index contributed by atoms with van der Waals surface area (Å²) in [4.78, 5) is 22.9. The topological polar surface area (TPSA) is 81.8 Å². The minimum absolute atomic E-state index is 0.383. The Morgan fingerprint density at radius 1 is 0.929 bits per heavy atom. The van der Waals surface area contributed by atoms with E-state index in [-0.39, 0.29) is 6.04 Å². The second-order valence-corrected chi connectivity index (χ2v) is 10.8. The van der Waals surface area contributed by atoms with E-state index in [1.54, 1.807) is 18.2 Å². The molecule has 0 radical (unpaired) electrons. The Balaban J connectivity index is 1.18. The van der Waals surface area contributed by atoms with Gasteiger partial charge in [-0.1, -0.05) is 6.07 Å². The van der Waals surface area contributed by atoms with E-state index < -0.39 is 11.6 Å². The molecule has 0 aliphatic carbocycles. The van der Waals surface area contributed by atoms with Crippen molar-refractivity contribution in [3.05, 3.63) is 78.1 Å². The Labute approximate surface area is 241 Å². The van der Waals surface area contributed by atoms with Crippen molar-refractivity contribution in [2.45, 2.75) is 12.5 Å². The third-order valence-electron chi connectivity index (χ3n) is 8.09. The quantitative estimate of drug-likeness (QED) is 0.266. The van der Waals surface area contributed by atoms with Gasteiger partial charge in [0, 0.05) is 72.2 Å². The number of methoxy groups -OCH3 is 1. The van der Waals surface area contributed by atoms with Crippen LogP contribution in [-0.2, 0) is 4.84 Å². The Morgan fingerprint density at radius 3 is 2.50 bits per heavy atom. The van der Waals surface area contributed by atoms with Crippen molar-refractivity contribution in [3.63, 3.8) is 0 Å². The van der Waals surface area contributed by atoms with E-state index in [1.165, 1.54) is 24.1 Å². The molecule has 7 rings (SSSR count). The summed E-state index contributed by atoms with van der Waals surface area (Å²) in [7, 11) is 3.80. The van der Waals surface area contributed by atoms with Gasteiger partial charge in [-0.15, -0.1) is 0 Å². The number of ether oxygens (including phenoxy) is 1. The fourth-order valence-corrected chi connectivity index (χ4v) is 5.89. The molecule has 0 bridgehead atoms. The number of rotatable bonds is 6. The highest BCUT2D eigenvalue weighted by Gasteiger charge is 2.30. The summed E-state index contributed by atoms with van der Waals surface area (Å²) < 4.78 is 33.6. The van der Waals surface area contributed by atoms with Gasteiger partial charge in [-0.05, 0) is 49.0 Å². The summed E-state index contributed by atoms with van der Waals surface area (Å²) in [5.41, 5.74) is 4.46. The smallest absolute Gasteiger partial charge is 0.158 e. The van der Waals surface area contributed by atoms with Crippen LogP contribution in [0.15, 0.2) is 60.9 Å². The van der Waals surface area contributed by atoms with Crippen LogP contribution in [-0.4, -0.2) is 66.8 Å². The number of hydroxylamine groups is 1. The van der Waals surface area contributed by atoms with Gasteiger partial charge in [-0.25, -0.2) is 23.8 Å². The zero-order valence-corrected chi connectivity index (χ0v) is 23.4. The fourth-order valence-electron chi connectivity index (χ4n) is 5.89. The second kappa shape index (κ2) is 10.7. The molecule has 0 saturated carbocycles. The Morgan fingerprint density at radius 2 is 1.71 bits per heavy atom. The molecule has 1 unspecified atom stereocenters. The van der Waals surface area contributed by atoms with Gasteiger partial charge in [0.1, 0.15) is 29.5 Å². The molecule has 5 aromatic rings. The summed E-state index contributed by atoms with van der Waals surface area (Å²) in [6.45, 7) is 4.52. The van der Waals surface area contributed by atoms with Gasteiger partial charge in [-0.3, -0.25) is 4.84 Å². The van der Waals surface area contributed by atoms with Crippen LogP contribution in [0.3, 0.4) is 0 Å². The zero-order valence-electron chi connectivity index (χ0n) is 23.4. The largest absolute Gasteiger partial charge is 0.495 e. The molecule has 2 N–H and O–H groups in total. The lowest BCUT2D eigenvalue weighted by Crippen LogP contribution is -2.44. The van der Waals surface area contributed by atoms with Crippen LogP contribution in [0.25, 0.3) is 21.8 Å². The van der Waals surface area contributed by atoms with Crippen LogP contribution < -0.4 is 20.0 Å². The van der Waals surface area contributed by atoms with Crippen LogP contribution in [0.4, 0.5) is 31.8 Å². The number of likely N-dealkylation sites (N-methyl/N-ethyl adjacent to an activating group) is 1. The minimum atomic E-state index is -0.628. The van der Waals surface area contributed by atoms with E-state index in [4.69, 9.17) is 9.57 Å². The molecule has 9 nitrogen and oxygen atoms in total. The van der Waals surface area contributed by atoms with Gasteiger partial charge in [0.15, 0.2) is 5.82 Å². The maximum Gasteiger partial charge on any atom is 0.158 e. The van der Waals surface area contributed by atoms with Gasteiger partial charge >= 0.3 is 0 Å². The molecule has 4 heterocycles. The van der Waals surface area contributed by atoms with Crippen LogP contribution in [0.2, 0.25) is 0 Å². The summed E-state index contributed by atoms with van der Waals surface area (Å²) in [6, 6.07) is 15.5. The minimum Gasteiger partial charge on any atom is -0.495 e. The number of nitrogens with zero attached hydrogens (tertiary/aromatic N) is 5. The lowest BCUT2D eigenvalue weighted by atomic mass is 10.0. The first-order valence-corrected chi connectivity index (χ1v) is 14.0. The molecule has 2 saturated heterocycles. The van der Waals surface area contributed by atoms with Crippen molar-refractivity contribution in [1.29, 1.82) is 0 Å². The first-order valence-electron chi connectivity index (χ1n) is 14.0. The monoisotopic (exact) mass is 571 g/mol. The van der Waals surface area contributed by atoms with Gasteiger partial charge < -0.3 is 24.8 Å². The first kappa shape index (κ1) is 26.4. The summed E-state index contributed by atoms with van der Waals surface area (Å²) in [5, 5.41) is 7.13. The molecule has 2 aliphatic rings. The molecule has 2 aromatic heterocycles. The molecular formula is C31H31F2N7O2. The molecule has 2 fully saturated rings. The summed E-state index contributed by atoms with van der Waals surface area (Å²) >= 11 is 0. The van der Waals surface area contributed by atoms with Crippen molar-refractivity contribution < 1.29 is 18.4 Å². The molecule has 42 heavy (non-hydrogen) atoms. The number of aromatic amines is 1. The number of fused-ring (bicyclic) bond motifs is 3. The van der Waals surface area contributed by atoms with E-state index in [1.807, 2.05) is 12.1 Å². The van der Waals surface area contributed by atoms with Gasteiger partial charge in [-0.2, -0.15) is 0 Å². The zero-order chi connectivity index (χ0) is 28.8. The third-order valence-corrected chi connectivity index (χ3v) is 8.09. The number of H-pyrrole nitrogens is 1. The molecular weight excluding hydrogens is 540 g/mol. The maximum atomic E-state index is 13.9. The Bertz CT molecular complexity index is 1750. The molecule has 0 spiro atoms. The fraction of sp³-hybridized carbons (Fsp3) is 0.290. The highest BCUT2D eigenvalue weighted by molar-refractivity contribution is 6.09. The van der Waals surface area contributed by atoms with Crippen LogP contribution in [0.1, 0.15) is 18.0 Å². The molecule has 11 heteroatoms. The number of aromatic nitrogens is 3. The van der Waals surface area contributed by atoms with Gasteiger partial charge in [0.05, 0.1) is 25.4 Å². The number of nitrogens with one attached hydrogen (secondary N) is 2. The lowest BCUT2D eigenvalue weighted by molar-refractivity contribution is 0.156. The summed E-state index contributed by atoms with van der Waals surface area (Å²) in [5.74, 6) is 0.401. The first-order chi connectivity index (χ1) is 20.4. The number of hydrogen-bond acceptors (Lipinski definition) is 8. The van der Waals surface area contributed by atoms with Crippen molar-refractivity contribution >= 4 is 44.8 Å². The summed E-state index contributed by atoms with van der Waals surface area (Å²) in [6.07, 6.45) is 1.99. The van der Waals surface area contributed by atoms with E-state index in [9.17, 15) is 8.78 Å². The van der Waals surface area contributed by atoms with Gasteiger partial charge in [0.25, 0.3) is 0 Å². The highest BCUT2D eigenvalue weighted by atomic mass is 19.1. The standard InChI is InChI=1S/C31H31F2N7O2/c1-38-6-8-39(9-7-38)22-3-4-23-24-15-29(41-2)27(16-26(24)36-25(23)14-22)37-30-17-31(35-18-34-30)40-28(5-10-42-40)19-11-20(32)13-21(33)12-19/h3-4,11-18,28,36H,5-10H2,1-2H3,(H,34,35,37). The molecule has 216 valence electrons. The van der Waals surface area contributed by atoms with Crippen molar-refractivity contribution in [3.8, 4) is 5.75 Å². The second-order valence-electron chi connectivity index (χ2n) is 10.8. The van der Waals surface area contributed by atoms with E-state index in [0.717, 1.165) is 59.7 Å². The lowest BCUT2D eigenvalue weighted by Gasteiger charge is -2.34. The number of hydrogen-bond donors (Lipinski definition) is 2. The molecule has 0 amide bonds. The van der Waals surface area contributed by atoms with E-state index >= 15 is 0 Å². The number of halogens is 2. The van der Waals surface area contributed by atoms with E-state index in [2.05, 4.69) is 55.3 Å². The maximum absolute atomic E-state index is 13.9. The average molecular weight is 572 g/mol. The van der Waals surface area contributed by atoms with Crippen LogP contribution in [0.5, 0.6) is 5.75 Å². The molecule has 3 aromatic carbocycles. The number of anilines is 4. The van der Waals surface area contributed by atoms with Crippen LogP contribution in [0, 0.1) is 11.6 Å². The van der Waals surface area contributed by atoms with Crippen molar-refractivity contribution in [2.75, 3.05) is 62.2 Å². The normalized spacial score (nSPS) is 17.9. The third kappa shape index (κ3) is 4.94. The highest BCUT2D eigenvalue weighted by Crippen LogP contribution is 2.38. The van der Waals surface area contributed by atoms with E-state index in [0.29, 0.717) is 36.0 Å². The number of benzene rings is 3. The number of piperazine rings is 1. The van der Waals surface area contributed by atoms with Gasteiger partial charge in [0.2, 0.25) is 0 Å². The van der Waals surface area contributed by atoms with Crippen molar-refractivity contribution in [1.82, 2.24) is 19.9 Å². The predicted octanol–water partition coefficient (Wildman–Crippen LogP) is 5.78. The molecule has 1 atom stereocenters. The predicted molar refractivity (Wildman–Crippen MR) is 160 cm³/mol. The average Bonchev–Trinajstić information content (AvgIpc) is 3.61. The Hall–Kier alpha value is -4.48. The molecule has 2 aliphatic heterocycles.